The monoisotopic (exact) mass is 292 g/mol. The van der Waals surface area contributed by atoms with Crippen LogP contribution >= 0.6 is 23.2 Å². The number of nitrogens with zero attached hydrogens (tertiary/aromatic N) is 2. The molecule has 1 atom stereocenters. The first-order valence-corrected chi connectivity index (χ1v) is 5.97. The first-order valence-electron chi connectivity index (χ1n) is 5.15. The van der Waals surface area contributed by atoms with E-state index in [1.807, 2.05) is 6.92 Å². The van der Waals surface area contributed by atoms with Crippen LogP contribution in [0.2, 0.25) is 5.02 Å². The van der Waals surface area contributed by atoms with Gasteiger partial charge in [-0.3, -0.25) is 0 Å². The van der Waals surface area contributed by atoms with Crippen LogP contribution in [-0.4, -0.2) is 10.1 Å². The number of aromatic nitrogens is 2. The molecule has 0 N–H and O–H groups in total. The summed E-state index contributed by atoms with van der Waals surface area (Å²) in [5.74, 6) is -1.38. The van der Waals surface area contributed by atoms with Crippen LogP contribution in [0.4, 0.5) is 8.78 Å². The van der Waals surface area contributed by atoms with Crippen molar-refractivity contribution >= 4 is 23.2 Å². The van der Waals surface area contributed by atoms with Gasteiger partial charge in [0.05, 0.1) is 16.0 Å². The topological polar surface area (TPSA) is 38.9 Å². The van der Waals surface area contributed by atoms with Crippen molar-refractivity contribution in [3.63, 3.8) is 0 Å². The lowest BCUT2D eigenvalue weighted by molar-refractivity contribution is 0.418. The molecule has 18 heavy (non-hydrogen) atoms. The van der Waals surface area contributed by atoms with Crippen LogP contribution in [-0.2, 0) is 0 Å². The van der Waals surface area contributed by atoms with E-state index in [2.05, 4.69) is 10.1 Å². The Morgan fingerprint density at radius 2 is 2.06 bits per heavy atom. The van der Waals surface area contributed by atoms with Crippen molar-refractivity contribution in [1.29, 1.82) is 0 Å². The van der Waals surface area contributed by atoms with E-state index in [1.54, 1.807) is 0 Å². The summed E-state index contributed by atoms with van der Waals surface area (Å²) >= 11 is 11.4. The van der Waals surface area contributed by atoms with Crippen molar-refractivity contribution < 1.29 is 13.3 Å². The third-order valence-electron chi connectivity index (χ3n) is 2.32. The number of halogens is 4. The van der Waals surface area contributed by atoms with Gasteiger partial charge in [0, 0.05) is 0 Å². The lowest BCUT2D eigenvalue weighted by atomic mass is 10.2. The highest BCUT2D eigenvalue weighted by Gasteiger charge is 2.19. The third-order valence-corrected chi connectivity index (χ3v) is 3.11. The Morgan fingerprint density at radius 1 is 1.33 bits per heavy atom. The first-order chi connectivity index (χ1) is 8.52. The van der Waals surface area contributed by atoms with Gasteiger partial charge in [0.25, 0.3) is 5.89 Å². The van der Waals surface area contributed by atoms with Gasteiger partial charge in [-0.1, -0.05) is 23.7 Å². The van der Waals surface area contributed by atoms with E-state index < -0.39 is 17.0 Å². The maximum atomic E-state index is 13.6. The molecule has 0 saturated heterocycles. The minimum Gasteiger partial charge on any atom is -0.334 e. The molecule has 2 aromatic rings. The Kier molecular flexibility index (Phi) is 3.82. The Hall–Kier alpha value is -1.20. The molecule has 0 fully saturated rings. The van der Waals surface area contributed by atoms with Crippen LogP contribution in [0.5, 0.6) is 0 Å². The molecule has 0 saturated carbocycles. The van der Waals surface area contributed by atoms with E-state index in [0.29, 0.717) is 6.42 Å². The largest absolute Gasteiger partial charge is 0.334 e. The van der Waals surface area contributed by atoms with E-state index in [1.165, 1.54) is 0 Å². The Balaban J connectivity index is 2.43. The molecule has 3 nitrogen and oxygen atoms in total. The van der Waals surface area contributed by atoms with Gasteiger partial charge in [0.1, 0.15) is 11.6 Å². The van der Waals surface area contributed by atoms with Gasteiger partial charge >= 0.3 is 0 Å². The summed E-state index contributed by atoms with van der Waals surface area (Å²) in [4.78, 5) is 3.92. The van der Waals surface area contributed by atoms with E-state index in [-0.39, 0.29) is 22.3 Å². The predicted octanol–water partition coefficient (Wildman–Crippen LogP) is 4.36. The highest BCUT2D eigenvalue weighted by atomic mass is 35.5. The molecule has 1 unspecified atom stereocenters. The minimum atomic E-state index is -0.759. The van der Waals surface area contributed by atoms with Crippen LogP contribution in [0, 0.1) is 11.6 Å². The number of hydrogen-bond acceptors (Lipinski definition) is 3. The normalized spacial score (nSPS) is 12.7. The van der Waals surface area contributed by atoms with Crippen LogP contribution < -0.4 is 0 Å². The molecule has 1 aromatic carbocycles. The minimum absolute atomic E-state index is 0.128. The second-order valence-corrected chi connectivity index (χ2v) is 4.51. The SMILES string of the molecule is CCC(Cl)c1noc(-c2cc(F)c(Cl)cc2F)n1. The first kappa shape index (κ1) is 13.2. The number of rotatable bonds is 3. The quantitative estimate of drug-likeness (QED) is 0.623. The molecule has 0 bridgehead atoms. The number of hydrogen-bond donors (Lipinski definition) is 0. The molecule has 0 spiro atoms. The van der Waals surface area contributed by atoms with E-state index in [0.717, 1.165) is 12.1 Å². The fourth-order valence-corrected chi connectivity index (χ4v) is 1.58. The van der Waals surface area contributed by atoms with Crippen molar-refractivity contribution in [3.8, 4) is 11.5 Å². The van der Waals surface area contributed by atoms with Gasteiger partial charge in [-0.15, -0.1) is 11.6 Å². The lowest BCUT2D eigenvalue weighted by Gasteiger charge is -1.99. The molecule has 1 aromatic heterocycles. The second kappa shape index (κ2) is 5.20. The summed E-state index contributed by atoms with van der Waals surface area (Å²) in [6.07, 6.45) is 0.595. The fourth-order valence-electron chi connectivity index (χ4n) is 1.34. The summed E-state index contributed by atoms with van der Waals surface area (Å²) < 4.78 is 31.7. The van der Waals surface area contributed by atoms with Crippen molar-refractivity contribution in [2.75, 3.05) is 0 Å². The van der Waals surface area contributed by atoms with Crippen LogP contribution in [0.1, 0.15) is 24.5 Å². The van der Waals surface area contributed by atoms with Crippen molar-refractivity contribution in [2.24, 2.45) is 0 Å². The molecule has 0 amide bonds. The Bertz CT molecular complexity index is 574. The lowest BCUT2D eigenvalue weighted by Crippen LogP contribution is -1.92. The maximum absolute atomic E-state index is 13.6. The highest BCUT2D eigenvalue weighted by molar-refractivity contribution is 6.30. The fraction of sp³-hybridized carbons (Fsp3) is 0.273. The van der Waals surface area contributed by atoms with E-state index in [9.17, 15) is 8.78 Å². The molecule has 0 radical (unpaired) electrons. The van der Waals surface area contributed by atoms with Gasteiger partial charge in [-0.05, 0) is 18.6 Å². The Labute approximate surface area is 112 Å². The zero-order chi connectivity index (χ0) is 13.3. The standard InChI is InChI=1S/C11H8Cl2F2N2O/c1-2-6(12)10-16-11(18-17-10)5-3-9(15)7(13)4-8(5)14/h3-4,6H,2H2,1H3. The predicted molar refractivity (Wildman–Crippen MR) is 63.5 cm³/mol. The van der Waals surface area contributed by atoms with Crippen molar-refractivity contribution in [3.05, 3.63) is 34.6 Å². The van der Waals surface area contributed by atoms with Gasteiger partial charge in [0.15, 0.2) is 5.82 Å². The second-order valence-electron chi connectivity index (χ2n) is 3.58. The van der Waals surface area contributed by atoms with Crippen molar-refractivity contribution in [2.45, 2.75) is 18.7 Å². The molecule has 1 heterocycles. The summed E-state index contributed by atoms with van der Waals surface area (Å²) in [5.41, 5.74) is -0.143. The highest BCUT2D eigenvalue weighted by Crippen LogP contribution is 2.28. The van der Waals surface area contributed by atoms with Gasteiger partial charge in [-0.2, -0.15) is 4.98 Å². The van der Waals surface area contributed by atoms with Gasteiger partial charge < -0.3 is 4.52 Å². The molecule has 0 aliphatic heterocycles. The molecule has 96 valence electrons. The van der Waals surface area contributed by atoms with Gasteiger partial charge in [-0.25, -0.2) is 8.78 Å². The van der Waals surface area contributed by atoms with Crippen LogP contribution in [0.25, 0.3) is 11.5 Å². The van der Waals surface area contributed by atoms with E-state index >= 15 is 0 Å². The average molecular weight is 293 g/mol. The summed E-state index contributed by atoms with van der Waals surface area (Å²) in [6, 6.07) is 1.76. The zero-order valence-corrected chi connectivity index (χ0v) is 10.8. The smallest absolute Gasteiger partial charge is 0.261 e. The molecule has 7 heteroatoms. The zero-order valence-electron chi connectivity index (χ0n) is 9.25. The molecular weight excluding hydrogens is 285 g/mol. The summed E-state index contributed by atoms with van der Waals surface area (Å²) in [5, 5.41) is 2.88. The van der Waals surface area contributed by atoms with Crippen molar-refractivity contribution in [1.82, 2.24) is 10.1 Å². The van der Waals surface area contributed by atoms with Crippen LogP contribution in [0.15, 0.2) is 16.7 Å². The molecular formula is C11H8Cl2F2N2O. The Morgan fingerprint density at radius 3 is 2.72 bits per heavy atom. The number of benzene rings is 1. The third kappa shape index (κ3) is 2.47. The van der Waals surface area contributed by atoms with Crippen LogP contribution in [0.3, 0.4) is 0 Å². The van der Waals surface area contributed by atoms with E-state index in [4.69, 9.17) is 27.7 Å². The summed E-state index contributed by atoms with van der Waals surface area (Å²) in [6.45, 7) is 1.84. The molecule has 0 aliphatic carbocycles. The molecule has 2 rings (SSSR count). The number of alkyl halides is 1. The molecule has 0 aliphatic rings. The van der Waals surface area contributed by atoms with Gasteiger partial charge in [0.2, 0.25) is 0 Å². The summed E-state index contributed by atoms with van der Waals surface area (Å²) in [7, 11) is 0. The maximum Gasteiger partial charge on any atom is 0.261 e. The average Bonchev–Trinajstić information content (AvgIpc) is 2.82.